The Kier molecular flexibility index (Phi) is 48.6. The molecule has 0 aliphatic carbocycles. The molecule has 0 heterocycles. The molecule has 4 nitrogen and oxygen atoms in total. The first-order valence-corrected chi connectivity index (χ1v) is 13.5. The van der Waals surface area contributed by atoms with Gasteiger partial charge >= 0.3 is 174 Å². The van der Waals surface area contributed by atoms with Crippen LogP contribution in [0.1, 0.15) is 59.3 Å². The van der Waals surface area contributed by atoms with Crippen LogP contribution in [0.25, 0.3) is 0 Å². The molecule has 0 atom stereocenters. The van der Waals surface area contributed by atoms with E-state index in [1.165, 1.54) is 153 Å². The maximum atomic E-state index is 8.55. The van der Waals surface area contributed by atoms with E-state index in [4.69, 9.17) is 19.2 Å². The van der Waals surface area contributed by atoms with E-state index in [9.17, 15) is 0 Å². The van der Waals surface area contributed by atoms with Crippen molar-refractivity contribution in [3.63, 3.8) is 0 Å². The van der Waals surface area contributed by atoms with Crippen molar-refractivity contribution >= 4 is 115 Å². The van der Waals surface area contributed by atoms with Crippen molar-refractivity contribution in [1.82, 2.24) is 0 Å². The first-order chi connectivity index (χ1) is 9.24. The second-order valence-electron chi connectivity index (χ2n) is 4.07. The Hall–Kier alpha value is 3.89. The van der Waals surface area contributed by atoms with Crippen molar-refractivity contribution in [2.24, 2.45) is 0 Å². The molecule has 0 fully saturated rings. The second-order valence-corrected chi connectivity index (χ2v) is 8.28. The molecule has 0 spiro atoms. The van der Waals surface area contributed by atoms with Crippen molar-refractivity contribution in [3.05, 3.63) is 0 Å². The van der Waals surface area contributed by atoms with E-state index >= 15 is 0 Å². The molecule has 0 aromatic heterocycles. The van der Waals surface area contributed by atoms with Crippen LogP contribution in [0.15, 0.2) is 0 Å². The summed E-state index contributed by atoms with van der Waals surface area (Å²) in [5.74, 6) is 0. The molecule has 0 rings (SSSR count). The molecule has 0 unspecified atom stereocenters. The van der Waals surface area contributed by atoms with Crippen molar-refractivity contribution in [2.75, 3.05) is 0 Å². The summed E-state index contributed by atoms with van der Waals surface area (Å²) in [5, 5.41) is 0. The molecule has 0 saturated heterocycles. The molecule has 0 aliphatic heterocycles. The molecule has 0 saturated carbocycles. The second kappa shape index (κ2) is 30.7. The normalized spacial score (nSPS) is 9.40. The van der Waals surface area contributed by atoms with Crippen LogP contribution >= 0.6 is 7.82 Å². The summed E-state index contributed by atoms with van der Waals surface area (Å²) in [6.45, 7) is 6.70. The number of hydrogen-bond donors (Lipinski definition) is 0. The zero-order chi connectivity index (χ0) is 16.9. The first-order valence-electron chi connectivity index (χ1n) is 7.35. The van der Waals surface area contributed by atoms with Gasteiger partial charge in [0, 0.05) is 0 Å². The van der Waals surface area contributed by atoms with Crippen LogP contribution in [-0.4, -0.2) is 107 Å². The molecule has 0 aromatic rings. The van der Waals surface area contributed by atoms with Crippen LogP contribution in [0.4, 0.5) is 0 Å². The van der Waals surface area contributed by atoms with Crippen molar-refractivity contribution in [2.45, 2.75) is 66.8 Å². The Morgan fingerprint density at radius 3 is 0.850 bits per heavy atom. The molecule has 20 heavy (non-hydrogen) atoms. The molecule has 0 bridgehead atoms. The summed E-state index contributed by atoms with van der Waals surface area (Å²) < 4.78 is 13.0. The van der Waals surface area contributed by atoms with E-state index in [2.05, 4.69) is 20.8 Å². The Labute approximate surface area is 197 Å². The summed E-state index contributed by atoms with van der Waals surface area (Å²) >= 11 is 4.44. The molecular weight excluding hydrogens is 359 g/mol. The van der Waals surface area contributed by atoms with Crippen molar-refractivity contribution in [1.29, 1.82) is 0 Å². The maximum absolute atomic E-state index is 8.55. The minimum Gasteiger partial charge on any atom is -0.822 e. The zero-order valence-electron chi connectivity index (χ0n) is 13.6. The van der Waals surface area contributed by atoms with E-state index in [0.717, 1.165) is 0 Å². The van der Waals surface area contributed by atoms with Gasteiger partial charge in [-0.15, -0.1) is 0 Å². The van der Waals surface area contributed by atoms with E-state index < -0.39 is 7.82 Å². The van der Waals surface area contributed by atoms with E-state index in [0.29, 0.717) is 0 Å². The number of hydrogen-bond acceptors (Lipinski definition) is 4. The Morgan fingerprint density at radius 1 is 0.700 bits per heavy atom. The molecule has 0 N–H and O–H groups in total. The van der Waals surface area contributed by atoms with E-state index in [1.54, 1.807) is 0 Å². The van der Waals surface area contributed by atoms with Gasteiger partial charge in [0.15, 0.2) is 0 Å². The number of unbranched alkanes of at least 4 members (excludes halogenated alkanes) is 3. The number of rotatable bonds is 6. The van der Waals surface area contributed by atoms with Crippen LogP contribution in [0.5, 0.6) is 0 Å². The van der Waals surface area contributed by atoms with Gasteiger partial charge in [0.05, 0.1) is 0 Å². The standard InChI is InChI=1S/3C4H9.3Ca.H3O4P/c3*1-3-4-2;;;;1-5(2,3)4/h3*1,3-4H2,2H3;;;;(H3,1,2,3,4)/q;;;3*+1;/p-3. The van der Waals surface area contributed by atoms with Gasteiger partial charge in [-0.1, -0.05) is 0 Å². The average Bonchev–Trinajstić information content (AvgIpc) is 2.31. The minimum absolute atomic E-state index is 1.38. The monoisotopic (exact) mass is 386 g/mol. The Bertz CT molecular complexity index is 152. The fourth-order valence-electron chi connectivity index (χ4n) is 0.750. The molecule has 0 radical (unpaired) electrons. The van der Waals surface area contributed by atoms with Gasteiger partial charge in [-0.3, -0.25) is 0 Å². The molecule has 110 valence electrons. The first kappa shape index (κ1) is 31.6. The smallest absolute Gasteiger partial charge is 0.159 e. The molecular formula is C12H27Ca3O4P. The van der Waals surface area contributed by atoms with Crippen molar-refractivity contribution < 1.29 is 19.2 Å². The summed E-state index contributed by atoms with van der Waals surface area (Å²) in [6, 6.07) is 0. The van der Waals surface area contributed by atoms with Crippen LogP contribution < -0.4 is 14.7 Å². The number of phosphoric acid groups is 1. The minimum atomic E-state index is -5.39. The fraction of sp³-hybridized carbons (Fsp3) is 1.00. The Morgan fingerprint density at radius 2 is 0.850 bits per heavy atom. The van der Waals surface area contributed by atoms with Crippen LogP contribution in [0, 0.1) is 0 Å². The Balaban J connectivity index is -0.0000000853. The predicted molar refractivity (Wildman–Crippen MR) is 84.0 cm³/mol. The summed E-state index contributed by atoms with van der Waals surface area (Å²) in [7, 11) is -5.39. The third-order valence-corrected chi connectivity index (χ3v) is 4.15. The molecule has 0 aliphatic rings. The average molecular weight is 387 g/mol. The van der Waals surface area contributed by atoms with Gasteiger partial charge in [0.25, 0.3) is 0 Å². The summed E-state index contributed by atoms with van der Waals surface area (Å²) in [5.41, 5.74) is 0. The van der Waals surface area contributed by atoms with Crippen molar-refractivity contribution in [3.8, 4) is 0 Å². The third-order valence-electron chi connectivity index (χ3n) is 1.81. The van der Waals surface area contributed by atoms with Crippen LogP contribution in [-0.2, 0) is 4.57 Å². The van der Waals surface area contributed by atoms with Gasteiger partial charge in [-0.2, -0.15) is 7.82 Å². The predicted octanol–water partition coefficient (Wildman–Crippen LogP) is 1.30. The van der Waals surface area contributed by atoms with Gasteiger partial charge in [0.1, 0.15) is 0 Å². The fourth-order valence-corrected chi connectivity index (χ4v) is 3.09. The third kappa shape index (κ3) is 97.7. The van der Waals surface area contributed by atoms with Crippen LogP contribution in [0.3, 0.4) is 0 Å². The quantitative estimate of drug-likeness (QED) is 0.508. The summed E-state index contributed by atoms with van der Waals surface area (Å²) in [4.78, 5) is 25.6. The summed E-state index contributed by atoms with van der Waals surface area (Å²) in [6.07, 6.45) is 8.46. The van der Waals surface area contributed by atoms with E-state index in [1.807, 2.05) is 0 Å². The maximum Gasteiger partial charge on any atom is -0.159 e. The van der Waals surface area contributed by atoms with Gasteiger partial charge in [0.2, 0.25) is 0 Å². The molecule has 0 amide bonds. The van der Waals surface area contributed by atoms with Gasteiger partial charge < -0.3 is 19.2 Å². The topological polar surface area (TPSA) is 86.2 Å². The largest absolute Gasteiger partial charge is 0.822 e. The van der Waals surface area contributed by atoms with Gasteiger partial charge in [-0.25, -0.2) is 0 Å². The zero-order valence-corrected chi connectivity index (χ0v) is 21.1. The van der Waals surface area contributed by atoms with E-state index in [-0.39, 0.29) is 0 Å². The van der Waals surface area contributed by atoms with Gasteiger partial charge in [-0.05, 0) is 0 Å². The van der Waals surface area contributed by atoms with Crippen LogP contribution in [0.2, 0.25) is 7.55 Å². The SMILES string of the molecule is CCC[CH2][Ca+].CCC[CH2][Ca+].CCC[CH2][Ca+].O=P([O-])([O-])[O-]. The molecule has 0 aromatic carbocycles. The molecule has 8 heteroatoms.